The molecular weight excluding hydrogens is 353 g/mol. The van der Waals surface area contributed by atoms with E-state index in [1.807, 2.05) is 12.1 Å². The van der Waals surface area contributed by atoms with Crippen LogP contribution in [0.5, 0.6) is 5.75 Å². The number of benzene rings is 2. The molecule has 1 atom stereocenters. The number of hydrogen-bond acceptors (Lipinski definition) is 4. The summed E-state index contributed by atoms with van der Waals surface area (Å²) >= 11 is 0. The van der Waals surface area contributed by atoms with E-state index in [2.05, 4.69) is 4.90 Å². The summed E-state index contributed by atoms with van der Waals surface area (Å²) in [6.45, 7) is 3.18. The van der Waals surface area contributed by atoms with Gasteiger partial charge in [-0.15, -0.1) is 0 Å². The molecule has 2 aromatic rings. The Labute approximate surface area is 154 Å². The molecule has 0 spiro atoms. The van der Waals surface area contributed by atoms with Gasteiger partial charge in [0.2, 0.25) is 0 Å². The average molecular weight is 377 g/mol. The van der Waals surface area contributed by atoms with Gasteiger partial charge in [0, 0.05) is 25.3 Å². The minimum absolute atomic E-state index is 0.306. The predicted molar refractivity (Wildman–Crippen MR) is 99.4 cm³/mol. The van der Waals surface area contributed by atoms with Crippen LogP contribution in [0.15, 0.2) is 53.4 Å². The number of sulfone groups is 1. The standard InChI is InChI=1S/C20H24FNO3S/c1-26(23,24)18-10-8-16(9-11-18)13-22-12-4-5-17(14-22)15-25-20-7-3-2-6-19(20)21/h2-3,6-11,17H,4-5,12-15H2,1H3/t17-/m1/s1. The highest BCUT2D eigenvalue weighted by Crippen LogP contribution is 2.22. The molecule has 1 saturated heterocycles. The van der Waals surface area contributed by atoms with E-state index in [1.54, 1.807) is 30.3 Å². The van der Waals surface area contributed by atoms with Gasteiger partial charge < -0.3 is 4.74 Å². The molecule has 3 rings (SSSR count). The Balaban J connectivity index is 1.54. The molecule has 26 heavy (non-hydrogen) atoms. The minimum Gasteiger partial charge on any atom is -0.490 e. The number of rotatable bonds is 6. The first kappa shape index (κ1) is 18.9. The van der Waals surface area contributed by atoms with Crippen molar-refractivity contribution in [2.45, 2.75) is 24.3 Å². The first-order valence-electron chi connectivity index (χ1n) is 8.80. The summed E-state index contributed by atoms with van der Waals surface area (Å²) in [6, 6.07) is 13.5. The van der Waals surface area contributed by atoms with Gasteiger partial charge in [-0.2, -0.15) is 0 Å². The van der Waals surface area contributed by atoms with Crippen LogP contribution in [0.1, 0.15) is 18.4 Å². The molecular formula is C20H24FNO3S. The molecule has 1 heterocycles. The Morgan fingerprint density at radius 3 is 2.58 bits per heavy atom. The van der Waals surface area contributed by atoms with Gasteiger partial charge in [-0.25, -0.2) is 12.8 Å². The van der Waals surface area contributed by atoms with Crippen molar-refractivity contribution in [3.63, 3.8) is 0 Å². The van der Waals surface area contributed by atoms with Crippen LogP contribution < -0.4 is 4.74 Å². The van der Waals surface area contributed by atoms with Crippen LogP contribution >= 0.6 is 0 Å². The van der Waals surface area contributed by atoms with E-state index >= 15 is 0 Å². The first-order chi connectivity index (χ1) is 12.4. The third-order valence-electron chi connectivity index (χ3n) is 4.67. The lowest BCUT2D eigenvalue weighted by atomic mass is 9.98. The second-order valence-corrected chi connectivity index (χ2v) is 8.92. The molecule has 0 aromatic heterocycles. The van der Waals surface area contributed by atoms with Crippen molar-refractivity contribution in [3.8, 4) is 5.75 Å². The van der Waals surface area contributed by atoms with Crippen molar-refractivity contribution in [2.75, 3.05) is 26.0 Å². The molecule has 1 aliphatic heterocycles. The van der Waals surface area contributed by atoms with Crippen molar-refractivity contribution in [2.24, 2.45) is 5.92 Å². The number of likely N-dealkylation sites (tertiary alicyclic amines) is 1. The highest BCUT2D eigenvalue weighted by molar-refractivity contribution is 7.90. The summed E-state index contributed by atoms with van der Waals surface area (Å²) in [5, 5.41) is 0. The zero-order valence-electron chi connectivity index (χ0n) is 14.9. The lowest BCUT2D eigenvalue weighted by molar-refractivity contribution is 0.123. The maximum Gasteiger partial charge on any atom is 0.175 e. The lowest BCUT2D eigenvalue weighted by Gasteiger charge is -2.32. The second-order valence-electron chi connectivity index (χ2n) is 6.90. The SMILES string of the molecule is CS(=O)(=O)c1ccc(CN2CCC[C@@H](COc3ccccc3F)C2)cc1. The van der Waals surface area contributed by atoms with Gasteiger partial charge in [-0.3, -0.25) is 4.90 Å². The number of hydrogen-bond donors (Lipinski definition) is 0. The highest BCUT2D eigenvalue weighted by Gasteiger charge is 2.21. The van der Waals surface area contributed by atoms with Gasteiger partial charge in [-0.05, 0) is 49.2 Å². The van der Waals surface area contributed by atoms with Crippen molar-refractivity contribution in [3.05, 3.63) is 59.9 Å². The summed E-state index contributed by atoms with van der Waals surface area (Å²) in [6.07, 6.45) is 3.36. The Morgan fingerprint density at radius 1 is 1.15 bits per heavy atom. The number of piperidine rings is 1. The van der Waals surface area contributed by atoms with Crippen LogP contribution in [0.3, 0.4) is 0 Å². The van der Waals surface area contributed by atoms with Crippen LogP contribution in [0.25, 0.3) is 0 Å². The van der Waals surface area contributed by atoms with Gasteiger partial charge in [0.1, 0.15) is 0 Å². The van der Waals surface area contributed by atoms with Gasteiger partial charge in [0.25, 0.3) is 0 Å². The topological polar surface area (TPSA) is 46.6 Å². The van der Waals surface area contributed by atoms with Crippen molar-refractivity contribution >= 4 is 9.84 Å². The smallest absolute Gasteiger partial charge is 0.175 e. The summed E-state index contributed by atoms with van der Waals surface area (Å²) in [5.41, 5.74) is 1.09. The van der Waals surface area contributed by atoms with Crippen LogP contribution in [0, 0.1) is 11.7 Å². The highest BCUT2D eigenvalue weighted by atomic mass is 32.2. The molecule has 6 heteroatoms. The third-order valence-corrected chi connectivity index (χ3v) is 5.80. The van der Waals surface area contributed by atoms with Crippen molar-refractivity contribution in [1.29, 1.82) is 0 Å². The van der Waals surface area contributed by atoms with E-state index in [4.69, 9.17) is 4.74 Å². The maximum atomic E-state index is 13.6. The molecule has 0 bridgehead atoms. The van der Waals surface area contributed by atoms with Crippen LogP contribution in [-0.4, -0.2) is 39.3 Å². The maximum absolute atomic E-state index is 13.6. The van der Waals surface area contributed by atoms with E-state index in [0.29, 0.717) is 23.2 Å². The largest absolute Gasteiger partial charge is 0.490 e. The normalized spacial score (nSPS) is 18.6. The van der Waals surface area contributed by atoms with Gasteiger partial charge in [0.05, 0.1) is 11.5 Å². The monoisotopic (exact) mass is 377 g/mol. The summed E-state index contributed by atoms with van der Waals surface area (Å²) in [7, 11) is -3.16. The van der Waals surface area contributed by atoms with Crippen LogP contribution in [0.4, 0.5) is 4.39 Å². The molecule has 0 N–H and O–H groups in total. The van der Waals surface area contributed by atoms with Crippen LogP contribution in [-0.2, 0) is 16.4 Å². The Morgan fingerprint density at radius 2 is 1.88 bits per heavy atom. The molecule has 0 amide bonds. The van der Waals surface area contributed by atoms with E-state index in [-0.39, 0.29) is 5.82 Å². The molecule has 0 unspecified atom stereocenters. The first-order valence-corrected chi connectivity index (χ1v) is 10.7. The molecule has 1 fully saturated rings. The van der Waals surface area contributed by atoms with E-state index < -0.39 is 9.84 Å². The van der Waals surface area contributed by atoms with E-state index in [0.717, 1.165) is 38.0 Å². The number of ether oxygens (including phenoxy) is 1. The zero-order chi connectivity index (χ0) is 18.6. The number of para-hydroxylation sites is 1. The molecule has 0 saturated carbocycles. The fourth-order valence-electron chi connectivity index (χ4n) is 3.30. The summed E-state index contributed by atoms with van der Waals surface area (Å²) in [5.74, 6) is 0.339. The number of halogens is 1. The molecule has 0 radical (unpaired) electrons. The molecule has 1 aliphatic rings. The van der Waals surface area contributed by atoms with Gasteiger partial charge in [0.15, 0.2) is 21.4 Å². The van der Waals surface area contributed by atoms with E-state index in [9.17, 15) is 12.8 Å². The van der Waals surface area contributed by atoms with E-state index in [1.165, 1.54) is 12.3 Å². The summed E-state index contributed by atoms with van der Waals surface area (Å²) in [4.78, 5) is 2.69. The summed E-state index contributed by atoms with van der Waals surface area (Å²) < 4.78 is 42.4. The lowest BCUT2D eigenvalue weighted by Crippen LogP contribution is -2.37. The fraction of sp³-hybridized carbons (Fsp3) is 0.400. The molecule has 4 nitrogen and oxygen atoms in total. The van der Waals surface area contributed by atoms with Gasteiger partial charge >= 0.3 is 0 Å². The zero-order valence-corrected chi connectivity index (χ0v) is 15.7. The molecule has 2 aromatic carbocycles. The van der Waals surface area contributed by atoms with Gasteiger partial charge in [-0.1, -0.05) is 24.3 Å². The van der Waals surface area contributed by atoms with Crippen LogP contribution in [0.2, 0.25) is 0 Å². The minimum atomic E-state index is -3.16. The van der Waals surface area contributed by atoms with Crippen molar-refractivity contribution < 1.29 is 17.5 Å². The number of nitrogens with zero attached hydrogens (tertiary/aromatic N) is 1. The average Bonchev–Trinajstić information content (AvgIpc) is 2.61. The fourth-order valence-corrected chi connectivity index (χ4v) is 3.93. The Hall–Kier alpha value is -1.92. The predicted octanol–water partition coefficient (Wildman–Crippen LogP) is 3.52. The Bertz CT molecular complexity index is 836. The van der Waals surface area contributed by atoms with Crippen molar-refractivity contribution in [1.82, 2.24) is 4.90 Å². The Kier molecular flexibility index (Phi) is 5.94. The molecule has 0 aliphatic carbocycles. The second kappa shape index (κ2) is 8.18. The third kappa shape index (κ3) is 5.05. The molecule has 140 valence electrons. The quantitative estimate of drug-likeness (QED) is 0.773.